The molecular weight excluding hydrogens is 374 g/mol. The van der Waals surface area contributed by atoms with E-state index in [0.29, 0.717) is 0 Å². The number of aromatic nitrogens is 2. The van der Waals surface area contributed by atoms with Gasteiger partial charge in [-0.2, -0.15) is 0 Å². The summed E-state index contributed by atoms with van der Waals surface area (Å²) in [4.78, 5) is 13.7. The highest BCUT2D eigenvalue weighted by Gasteiger charge is 2.24. The molecule has 0 radical (unpaired) electrons. The van der Waals surface area contributed by atoms with Gasteiger partial charge in [0.2, 0.25) is 0 Å². The number of hydrogen-bond donors (Lipinski definition) is 1. The third-order valence-electron chi connectivity index (χ3n) is 5.92. The SMILES string of the molecule is CN1CCN(c2cccc(-c3cnc4c(c3)C(Oc3cccnc3)CCN4)c2)CC1. The van der Waals surface area contributed by atoms with E-state index >= 15 is 0 Å². The summed E-state index contributed by atoms with van der Waals surface area (Å²) in [6.07, 6.45) is 6.35. The lowest BCUT2D eigenvalue weighted by Crippen LogP contribution is -2.44. The van der Waals surface area contributed by atoms with Crippen molar-refractivity contribution in [3.63, 3.8) is 0 Å². The second kappa shape index (κ2) is 8.32. The van der Waals surface area contributed by atoms with E-state index in [9.17, 15) is 0 Å². The zero-order chi connectivity index (χ0) is 20.3. The smallest absolute Gasteiger partial charge is 0.138 e. The maximum Gasteiger partial charge on any atom is 0.138 e. The topological polar surface area (TPSA) is 53.5 Å². The second-order valence-electron chi connectivity index (χ2n) is 8.01. The molecule has 3 aromatic rings. The van der Waals surface area contributed by atoms with Crippen LogP contribution >= 0.6 is 0 Å². The van der Waals surface area contributed by atoms with E-state index in [1.165, 1.54) is 11.3 Å². The minimum absolute atomic E-state index is 0.0290. The Bertz CT molecular complexity index is 1000. The summed E-state index contributed by atoms with van der Waals surface area (Å²) < 4.78 is 6.25. The molecule has 30 heavy (non-hydrogen) atoms. The van der Waals surface area contributed by atoms with Gasteiger partial charge in [-0.3, -0.25) is 4.98 Å². The van der Waals surface area contributed by atoms with Crippen LogP contribution in [0.3, 0.4) is 0 Å². The molecule has 2 aliphatic rings. The van der Waals surface area contributed by atoms with Crippen molar-refractivity contribution in [1.82, 2.24) is 14.9 Å². The van der Waals surface area contributed by atoms with Gasteiger partial charge in [-0.1, -0.05) is 12.1 Å². The van der Waals surface area contributed by atoms with E-state index in [-0.39, 0.29) is 6.10 Å². The molecule has 0 spiro atoms. The molecule has 0 aliphatic carbocycles. The van der Waals surface area contributed by atoms with Crippen LogP contribution in [0, 0.1) is 0 Å². The fourth-order valence-electron chi connectivity index (χ4n) is 4.16. The highest BCUT2D eigenvalue weighted by molar-refractivity contribution is 5.70. The Labute approximate surface area is 177 Å². The van der Waals surface area contributed by atoms with Crippen molar-refractivity contribution in [2.75, 3.05) is 50.0 Å². The number of piperazine rings is 1. The average Bonchev–Trinajstić information content (AvgIpc) is 2.80. The number of nitrogens with one attached hydrogen (secondary N) is 1. The van der Waals surface area contributed by atoms with Crippen LogP contribution in [-0.4, -0.2) is 54.6 Å². The van der Waals surface area contributed by atoms with Gasteiger partial charge in [-0.15, -0.1) is 0 Å². The maximum absolute atomic E-state index is 6.25. The predicted octanol–water partition coefficient (Wildman–Crippen LogP) is 3.83. The molecule has 0 saturated carbocycles. The van der Waals surface area contributed by atoms with Crippen molar-refractivity contribution in [3.05, 3.63) is 66.6 Å². The van der Waals surface area contributed by atoms with Crippen molar-refractivity contribution in [2.45, 2.75) is 12.5 Å². The lowest BCUT2D eigenvalue weighted by atomic mass is 9.98. The number of ether oxygens (including phenoxy) is 1. The minimum atomic E-state index is -0.0290. The number of pyridine rings is 2. The first-order valence-corrected chi connectivity index (χ1v) is 10.6. The van der Waals surface area contributed by atoms with Crippen LogP contribution in [0.2, 0.25) is 0 Å². The van der Waals surface area contributed by atoms with Crippen LogP contribution in [0.4, 0.5) is 11.5 Å². The quantitative estimate of drug-likeness (QED) is 0.717. The number of benzene rings is 1. The zero-order valence-corrected chi connectivity index (χ0v) is 17.3. The summed E-state index contributed by atoms with van der Waals surface area (Å²) in [6, 6.07) is 14.9. The molecule has 1 N–H and O–H groups in total. The predicted molar refractivity (Wildman–Crippen MR) is 120 cm³/mol. The van der Waals surface area contributed by atoms with Crippen LogP contribution in [-0.2, 0) is 0 Å². The number of likely N-dealkylation sites (N-methyl/N-ethyl adjacent to an activating group) is 1. The molecule has 2 aromatic heterocycles. The first kappa shape index (κ1) is 18.9. The fourth-order valence-corrected chi connectivity index (χ4v) is 4.16. The van der Waals surface area contributed by atoms with Crippen LogP contribution < -0.4 is 15.0 Å². The van der Waals surface area contributed by atoms with Gasteiger partial charge in [0.25, 0.3) is 0 Å². The molecule has 5 rings (SSSR count). The first-order valence-electron chi connectivity index (χ1n) is 10.6. The first-order chi connectivity index (χ1) is 14.8. The van der Waals surface area contributed by atoms with Crippen molar-refractivity contribution >= 4 is 11.5 Å². The summed E-state index contributed by atoms with van der Waals surface area (Å²) in [5.41, 5.74) is 4.69. The molecule has 0 amide bonds. The summed E-state index contributed by atoms with van der Waals surface area (Å²) >= 11 is 0. The Morgan fingerprint density at radius 2 is 1.90 bits per heavy atom. The molecule has 1 aromatic carbocycles. The van der Waals surface area contributed by atoms with Crippen molar-refractivity contribution in [3.8, 4) is 16.9 Å². The maximum atomic E-state index is 6.25. The highest BCUT2D eigenvalue weighted by atomic mass is 16.5. The third kappa shape index (κ3) is 3.96. The molecule has 4 heterocycles. The second-order valence-corrected chi connectivity index (χ2v) is 8.01. The molecule has 2 aliphatic heterocycles. The third-order valence-corrected chi connectivity index (χ3v) is 5.92. The fraction of sp³-hybridized carbons (Fsp3) is 0.333. The Hall–Kier alpha value is -3.12. The van der Waals surface area contributed by atoms with E-state index in [1.54, 1.807) is 12.4 Å². The summed E-state index contributed by atoms with van der Waals surface area (Å²) in [5, 5.41) is 3.40. The molecule has 0 bridgehead atoms. The van der Waals surface area contributed by atoms with Crippen molar-refractivity contribution in [1.29, 1.82) is 0 Å². The van der Waals surface area contributed by atoms with Gasteiger partial charge in [0.05, 0.1) is 6.20 Å². The molecule has 6 heteroatoms. The Morgan fingerprint density at radius 3 is 2.73 bits per heavy atom. The molecular formula is C24H27N5O. The molecule has 1 saturated heterocycles. The van der Waals surface area contributed by atoms with Gasteiger partial charge < -0.3 is 19.9 Å². The normalized spacial score (nSPS) is 19.1. The molecule has 1 unspecified atom stereocenters. The van der Waals surface area contributed by atoms with E-state index in [0.717, 1.165) is 61.8 Å². The number of nitrogens with zero attached hydrogens (tertiary/aromatic N) is 4. The lowest BCUT2D eigenvalue weighted by Gasteiger charge is -2.34. The van der Waals surface area contributed by atoms with Gasteiger partial charge in [-0.25, -0.2) is 4.98 Å². The van der Waals surface area contributed by atoms with Gasteiger partial charge in [0, 0.05) is 68.4 Å². The van der Waals surface area contributed by atoms with Crippen LogP contribution in [0.5, 0.6) is 5.75 Å². The molecule has 1 fully saturated rings. The Morgan fingerprint density at radius 1 is 1.00 bits per heavy atom. The van der Waals surface area contributed by atoms with Gasteiger partial charge in [-0.05, 0) is 42.9 Å². The van der Waals surface area contributed by atoms with Crippen LogP contribution in [0.15, 0.2) is 61.1 Å². The van der Waals surface area contributed by atoms with Gasteiger partial charge >= 0.3 is 0 Å². The monoisotopic (exact) mass is 401 g/mol. The average molecular weight is 402 g/mol. The Kier molecular flexibility index (Phi) is 5.24. The standard InChI is InChI=1S/C24H27N5O/c1-28-10-12-29(13-11-28)20-5-2-4-18(14-20)19-15-22-23(7-9-26-24(22)27-16-19)30-21-6-3-8-25-17-21/h2-6,8,14-17,23H,7,9-13H2,1H3,(H,26,27). The van der Waals surface area contributed by atoms with Crippen molar-refractivity contribution < 1.29 is 4.74 Å². The van der Waals surface area contributed by atoms with Crippen molar-refractivity contribution in [2.24, 2.45) is 0 Å². The highest BCUT2D eigenvalue weighted by Crippen LogP contribution is 2.35. The molecule has 6 nitrogen and oxygen atoms in total. The summed E-state index contributed by atoms with van der Waals surface area (Å²) in [7, 11) is 2.19. The number of anilines is 2. The zero-order valence-electron chi connectivity index (χ0n) is 17.3. The molecule has 154 valence electrons. The largest absolute Gasteiger partial charge is 0.484 e. The number of rotatable bonds is 4. The minimum Gasteiger partial charge on any atom is -0.484 e. The van der Waals surface area contributed by atoms with Crippen LogP contribution in [0.25, 0.3) is 11.1 Å². The van der Waals surface area contributed by atoms with Crippen LogP contribution in [0.1, 0.15) is 18.1 Å². The number of fused-ring (bicyclic) bond motifs is 1. The van der Waals surface area contributed by atoms with Gasteiger partial charge in [0.1, 0.15) is 17.7 Å². The van der Waals surface area contributed by atoms with E-state index in [4.69, 9.17) is 9.72 Å². The lowest BCUT2D eigenvalue weighted by molar-refractivity contribution is 0.194. The Balaban J connectivity index is 1.42. The van der Waals surface area contributed by atoms with E-state index < -0.39 is 0 Å². The van der Waals surface area contributed by atoms with E-state index in [2.05, 4.69) is 57.5 Å². The molecule has 1 atom stereocenters. The summed E-state index contributed by atoms with van der Waals surface area (Å²) in [6.45, 7) is 5.18. The number of hydrogen-bond acceptors (Lipinski definition) is 6. The summed E-state index contributed by atoms with van der Waals surface area (Å²) in [5.74, 6) is 1.70. The van der Waals surface area contributed by atoms with Gasteiger partial charge in [0.15, 0.2) is 0 Å². The van der Waals surface area contributed by atoms with E-state index in [1.807, 2.05) is 18.3 Å².